The molecule has 1 saturated heterocycles. The molecule has 0 aromatic heterocycles. The second-order valence-electron chi connectivity index (χ2n) is 5.72. The van der Waals surface area contributed by atoms with Crippen LogP contribution in [0.4, 0.5) is 5.69 Å². The molecule has 4 heteroatoms. The summed E-state index contributed by atoms with van der Waals surface area (Å²) in [5, 5.41) is 3.38. The van der Waals surface area contributed by atoms with E-state index in [1.165, 1.54) is 0 Å². The van der Waals surface area contributed by atoms with E-state index in [2.05, 4.69) is 5.32 Å². The van der Waals surface area contributed by atoms with Gasteiger partial charge in [-0.15, -0.1) is 0 Å². The molecule has 1 N–H and O–H groups in total. The minimum Gasteiger partial charge on any atom is -0.495 e. The molecule has 120 valence electrons. The van der Waals surface area contributed by atoms with E-state index in [9.17, 15) is 4.79 Å². The Hall–Kier alpha value is -2.49. The maximum atomic E-state index is 13.0. The molecule has 1 heterocycles. The molecule has 3 rings (SSSR count). The molecule has 0 radical (unpaired) electrons. The lowest BCUT2D eigenvalue weighted by Gasteiger charge is -2.26. The van der Waals surface area contributed by atoms with Crippen molar-refractivity contribution in [3.63, 3.8) is 0 Å². The first-order chi connectivity index (χ1) is 11.3. The van der Waals surface area contributed by atoms with Crippen LogP contribution >= 0.6 is 0 Å². The molecular formula is C19H22N2O2. The van der Waals surface area contributed by atoms with Gasteiger partial charge in [0.05, 0.1) is 12.8 Å². The number of carbonyl (C=O) groups is 1. The Morgan fingerprint density at radius 3 is 2.39 bits per heavy atom. The topological polar surface area (TPSA) is 41.6 Å². The number of carbonyl (C=O) groups excluding carboxylic acids is 1. The van der Waals surface area contributed by atoms with Crippen LogP contribution in [0.3, 0.4) is 0 Å². The van der Waals surface area contributed by atoms with Gasteiger partial charge in [0.1, 0.15) is 11.8 Å². The SMILES string of the molecule is COc1ccccc1N[C@@H](C(=O)N1CCCC1)c1ccccc1. The van der Waals surface area contributed by atoms with Crippen molar-refractivity contribution in [3.05, 3.63) is 60.2 Å². The summed E-state index contributed by atoms with van der Waals surface area (Å²) >= 11 is 0. The first-order valence-electron chi connectivity index (χ1n) is 8.03. The molecule has 1 atom stereocenters. The summed E-state index contributed by atoms with van der Waals surface area (Å²) < 4.78 is 5.40. The Morgan fingerprint density at radius 1 is 1.04 bits per heavy atom. The first-order valence-corrected chi connectivity index (χ1v) is 8.03. The Kier molecular flexibility index (Phi) is 4.81. The van der Waals surface area contributed by atoms with Crippen molar-refractivity contribution in [2.45, 2.75) is 18.9 Å². The third-order valence-corrected chi connectivity index (χ3v) is 4.20. The van der Waals surface area contributed by atoms with Crippen molar-refractivity contribution < 1.29 is 9.53 Å². The number of nitrogens with one attached hydrogen (secondary N) is 1. The quantitative estimate of drug-likeness (QED) is 0.919. The van der Waals surface area contributed by atoms with E-state index in [-0.39, 0.29) is 5.91 Å². The van der Waals surface area contributed by atoms with Gasteiger partial charge in [0, 0.05) is 13.1 Å². The highest BCUT2D eigenvalue weighted by molar-refractivity contribution is 5.86. The van der Waals surface area contributed by atoms with Gasteiger partial charge in [-0.25, -0.2) is 0 Å². The molecule has 1 aliphatic rings. The van der Waals surface area contributed by atoms with Gasteiger partial charge < -0.3 is 15.0 Å². The number of methoxy groups -OCH3 is 1. The van der Waals surface area contributed by atoms with Crippen LogP contribution in [0.1, 0.15) is 24.4 Å². The molecule has 4 nitrogen and oxygen atoms in total. The molecule has 2 aromatic rings. The maximum absolute atomic E-state index is 13.0. The molecule has 0 unspecified atom stereocenters. The van der Waals surface area contributed by atoms with Crippen molar-refractivity contribution in [1.82, 2.24) is 4.90 Å². The Labute approximate surface area is 137 Å². The van der Waals surface area contributed by atoms with Gasteiger partial charge in [-0.3, -0.25) is 4.79 Å². The van der Waals surface area contributed by atoms with Crippen LogP contribution in [0.15, 0.2) is 54.6 Å². The van der Waals surface area contributed by atoms with Gasteiger partial charge in [-0.1, -0.05) is 42.5 Å². The molecule has 0 bridgehead atoms. The van der Waals surface area contributed by atoms with Crippen LogP contribution in [-0.2, 0) is 4.79 Å². The highest BCUT2D eigenvalue weighted by Crippen LogP contribution is 2.29. The summed E-state index contributed by atoms with van der Waals surface area (Å²) in [6, 6.07) is 17.2. The van der Waals surface area contributed by atoms with Gasteiger partial charge in [-0.05, 0) is 30.5 Å². The largest absolute Gasteiger partial charge is 0.495 e. The number of likely N-dealkylation sites (tertiary alicyclic amines) is 1. The van der Waals surface area contributed by atoms with Crippen molar-refractivity contribution in [2.75, 3.05) is 25.5 Å². The van der Waals surface area contributed by atoms with E-state index in [1.54, 1.807) is 7.11 Å². The second-order valence-corrected chi connectivity index (χ2v) is 5.72. The maximum Gasteiger partial charge on any atom is 0.249 e. The number of benzene rings is 2. The van der Waals surface area contributed by atoms with Gasteiger partial charge >= 0.3 is 0 Å². The van der Waals surface area contributed by atoms with Crippen LogP contribution in [0.2, 0.25) is 0 Å². The summed E-state index contributed by atoms with van der Waals surface area (Å²) in [6.45, 7) is 1.69. The lowest BCUT2D eigenvalue weighted by atomic mass is 10.0. The van der Waals surface area contributed by atoms with Gasteiger partial charge in [0.25, 0.3) is 0 Å². The number of hydrogen-bond acceptors (Lipinski definition) is 3. The molecule has 0 saturated carbocycles. The van der Waals surface area contributed by atoms with Crippen LogP contribution in [0.5, 0.6) is 5.75 Å². The highest BCUT2D eigenvalue weighted by Gasteiger charge is 2.28. The van der Waals surface area contributed by atoms with Crippen LogP contribution < -0.4 is 10.1 Å². The molecule has 1 amide bonds. The lowest BCUT2D eigenvalue weighted by Crippen LogP contribution is -2.36. The highest BCUT2D eigenvalue weighted by atomic mass is 16.5. The fourth-order valence-corrected chi connectivity index (χ4v) is 2.97. The second kappa shape index (κ2) is 7.18. The minimum absolute atomic E-state index is 0.125. The number of anilines is 1. The number of nitrogens with zero attached hydrogens (tertiary/aromatic N) is 1. The zero-order valence-corrected chi connectivity index (χ0v) is 13.4. The summed E-state index contributed by atoms with van der Waals surface area (Å²) in [5.41, 5.74) is 1.80. The standard InChI is InChI=1S/C19H22N2O2/c1-23-17-12-6-5-11-16(17)20-18(15-9-3-2-4-10-15)19(22)21-13-7-8-14-21/h2-6,9-12,18,20H,7-8,13-14H2,1H3/t18-/m1/s1. The number of amides is 1. The average molecular weight is 310 g/mol. The predicted molar refractivity (Wildman–Crippen MR) is 91.6 cm³/mol. The molecule has 1 fully saturated rings. The zero-order chi connectivity index (χ0) is 16.1. The normalized spacial score (nSPS) is 15.3. The third kappa shape index (κ3) is 3.47. The fourth-order valence-electron chi connectivity index (χ4n) is 2.97. The summed E-state index contributed by atoms with van der Waals surface area (Å²) in [7, 11) is 1.64. The third-order valence-electron chi connectivity index (χ3n) is 4.20. The number of rotatable bonds is 5. The fraction of sp³-hybridized carbons (Fsp3) is 0.316. The number of para-hydroxylation sites is 2. The molecule has 23 heavy (non-hydrogen) atoms. The molecule has 0 spiro atoms. The van der Waals surface area contributed by atoms with Crippen molar-refractivity contribution >= 4 is 11.6 Å². The zero-order valence-electron chi connectivity index (χ0n) is 13.4. The molecule has 2 aromatic carbocycles. The van der Waals surface area contributed by atoms with Crippen molar-refractivity contribution in [2.24, 2.45) is 0 Å². The van der Waals surface area contributed by atoms with E-state index < -0.39 is 6.04 Å². The Bertz CT molecular complexity index is 651. The Morgan fingerprint density at radius 2 is 1.70 bits per heavy atom. The van der Waals surface area contributed by atoms with E-state index in [0.717, 1.165) is 42.9 Å². The predicted octanol–water partition coefficient (Wildman–Crippen LogP) is 3.47. The lowest BCUT2D eigenvalue weighted by molar-refractivity contribution is -0.131. The first kappa shape index (κ1) is 15.4. The monoisotopic (exact) mass is 310 g/mol. The van der Waals surface area contributed by atoms with Gasteiger partial charge in [0.2, 0.25) is 5.91 Å². The smallest absolute Gasteiger partial charge is 0.249 e. The summed E-state index contributed by atoms with van der Waals surface area (Å²) in [4.78, 5) is 14.9. The number of hydrogen-bond donors (Lipinski definition) is 1. The number of ether oxygens (including phenoxy) is 1. The van der Waals surface area contributed by atoms with E-state index in [4.69, 9.17) is 4.74 Å². The van der Waals surface area contributed by atoms with Crippen molar-refractivity contribution in [3.8, 4) is 5.75 Å². The van der Waals surface area contributed by atoms with E-state index in [0.29, 0.717) is 0 Å². The van der Waals surface area contributed by atoms with Crippen LogP contribution in [0.25, 0.3) is 0 Å². The van der Waals surface area contributed by atoms with Gasteiger partial charge in [0.15, 0.2) is 0 Å². The Balaban J connectivity index is 1.90. The van der Waals surface area contributed by atoms with Crippen molar-refractivity contribution in [1.29, 1.82) is 0 Å². The summed E-state index contributed by atoms with van der Waals surface area (Å²) in [6.07, 6.45) is 2.17. The molecule has 0 aliphatic carbocycles. The molecule has 1 aliphatic heterocycles. The van der Waals surface area contributed by atoms with E-state index in [1.807, 2.05) is 59.5 Å². The van der Waals surface area contributed by atoms with E-state index >= 15 is 0 Å². The summed E-state index contributed by atoms with van der Waals surface area (Å²) in [5.74, 6) is 0.863. The minimum atomic E-state index is -0.398. The van der Waals surface area contributed by atoms with Crippen LogP contribution in [0, 0.1) is 0 Å². The molecular weight excluding hydrogens is 288 g/mol. The van der Waals surface area contributed by atoms with Crippen LogP contribution in [-0.4, -0.2) is 31.0 Å². The van der Waals surface area contributed by atoms with Gasteiger partial charge in [-0.2, -0.15) is 0 Å². The average Bonchev–Trinajstić information content (AvgIpc) is 3.15.